The normalized spacial score (nSPS) is 33.8. The summed E-state index contributed by atoms with van der Waals surface area (Å²) in [6.45, 7) is 9.15. The maximum Gasteiger partial charge on any atom is 0.0763 e. The monoisotopic (exact) mass is 208 g/mol. The Morgan fingerprint density at radius 3 is 2.53 bits per heavy atom. The zero-order valence-electron chi connectivity index (χ0n) is 10.6. The standard InChI is InChI=1S/C14H24O/c1-13(2)8-10-6-5-7-14(3,4)12(10)11(15)9-13/h11,15H,5-9H2,1-4H3. The van der Waals surface area contributed by atoms with Gasteiger partial charge >= 0.3 is 0 Å². The van der Waals surface area contributed by atoms with E-state index >= 15 is 0 Å². The van der Waals surface area contributed by atoms with Gasteiger partial charge in [-0.3, -0.25) is 0 Å². The molecule has 1 atom stereocenters. The molecule has 1 N–H and O–H groups in total. The van der Waals surface area contributed by atoms with E-state index < -0.39 is 0 Å². The Morgan fingerprint density at radius 1 is 1.20 bits per heavy atom. The lowest BCUT2D eigenvalue weighted by molar-refractivity contribution is 0.0954. The van der Waals surface area contributed by atoms with Crippen molar-refractivity contribution in [3.63, 3.8) is 0 Å². The first-order valence-corrected chi connectivity index (χ1v) is 6.22. The first-order chi connectivity index (χ1) is 6.82. The molecule has 0 amide bonds. The molecule has 2 aliphatic carbocycles. The quantitative estimate of drug-likeness (QED) is 0.602. The van der Waals surface area contributed by atoms with E-state index in [1.54, 1.807) is 5.57 Å². The second-order valence-corrected chi connectivity index (χ2v) is 6.82. The highest BCUT2D eigenvalue weighted by molar-refractivity contribution is 5.31. The largest absolute Gasteiger partial charge is 0.389 e. The van der Waals surface area contributed by atoms with Crippen LogP contribution in [-0.4, -0.2) is 11.2 Å². The number of aliphatic hydroxyl groups is 1. The van der Waals surface area contributed by atoms with Crippen molar-refractivity contribution >= 4 is 0 Å². The summed E-state index contributed by atoms with van der Waals surface area (Å²) in [4.78, 5) is 0. The molecule has 1 nitrogen and oxygen atoms in total. The minimum Gasteiger partial charge on any atom is -0.389 e. The molecule has 0 saturated carbocycles. The summed E-state index contributed by atoms with van der Waals surface area (Å²) in [5, 5.41) is 10.3. The molecule has 2 rings (SSSR count). The molecule has 0 radical (unpaired) electrons. The van der Waals surface area contributed by atoms with Gasteiger partial charge in [-0.25, -0.2) is 0 Å². The molecule has 0 heterocycles. The van der Waals surface area contributed by atoms with Crippen molar-refractivity contribution in [3.8, 4) is 0 Å². The topological polar surface area (TPSA) is 20.2 Å². The minimum absolute atomic E-state index is 0.181. The fourth-order valence-corrected chi connectivity index (χ4v) is 3.64. The molecule has 0 fully saturated rings. The molecule has 0 saturated heterocycles. The van der Waals surface area contributed by atoms with E-state index in [1.165, 1.54) is 31.3 Å². The Bertz CT molecular complexity index is 296. The number of aliphatic hydroxyl groups excluding tert-OH is 1. The van der Waals surface area contributed by atoms with E-state index in [0.29, 0.717) is 5.41 Å². The first kappa shape index (κ1) is 11.2. The van der Waals surface area contributed by atoms with Crippen molar-refractivity contribution in [1.82, 2.24) is 0 Å². The van der Waals surface area contributed by atoms with E-state index in [9.17, 15) is 5.11 Å². The molecule has 1 heteroatoms. The van der Waals surface area contributed by atoms with Crippen LogP contribution in [0.15, 0.2) is 11.1 Å². The van der Waals surface area contributed by atoms with Crippen LogP contribution in [-0.2, 0) is 0 Å². The molecule has 0 aromatic rings. The lowest BCUT2D eigenvalue weighted by Gasteiger charge is -2.45. The lowest BCUT2D eigenvalue weighted by atomic mass is 9.62. The van der Waals surface area contributed by atoms with Crippen molar-refractivity contribution in [1.29, 1.82) is 0 Å². The third-order valence-corrected chi connectivity index (χ3v) is 4.16. The Kier molecular flexibility index (Phi) is 2.50. The van der Waals surface area contributed by atoms with Crippen LogP contribution >= 0.6 is 0 Å². The summed E-state index contributed by atoms with van der Waals surface area (Å²) < 4.78 is 0. The third kappa shape index (κ3) is 1.99. The molecular weight excluding hydrogens is 184 g/mol. The van der Waals surface area contributed by atoms with Gasteiger partial charge in [-0.2, -0.15) is 0 Å². The second kappa shape index (κ2) is 3.35. The van der Waals surface area contributed by atoms with E-state index in [2.05, 4.69) is 27.7 Å². The van der Waals surface area contributed by atoms with Crippen molar-refractivity contribution < 1.29 is 5.11 Å². The van der Waals surface area contributed by atoms with Gasteiger partial charge in [0.25, 0.3) is 0 Å². The molecule has 0 aliphatic heterocycles. The fourth-order valence-electron chi connectivity index (χ4n) is 3.64. The third-order valence-electron chi connectivity index (χ3n) is 4.16. The summed E-state index contributed by atoms with van der Waals surface area (Å²) >= 11 is 0. The summed E-state index contributed by atoms with van der Waals surface area (Å²) in [7, 11) is 0. The first-order valence-electron chi connectivity index (χ1n) is 6.22. The fraction of sp³-hybridized carbons (Fsp3) is 0.857. The Hall–Kier alpha value is -0.300. The summed E-state index contributed by atoms with van der Waals surface area (Å²) in [5.41, 5.74) is 3.48. The number of hydrogen-bond acceptors (Lipinski definition) is 1. The predicted octanol–water partition coefficient (Wildman–Crippen LogP) is 3.67. The van der Waals surface area contributed by atoms with Gasteiger partial charge < -0.3 is 5.11 Å². The van der Waals surface area contributed by atoms with Crippen LogP contribution in [0.25, 0.3) is 0 Å². The molecule has 86 valence electrons. The van der Waals surface area contributed by atoms with Gasteiger partial charge in [-0.1, -0.05) is 33.3 Å². The molecule has 1 unspecified atom stereocenters. The lowest BCUT2D eigenvalue weighted by Crippen LogP contribution is -2.37. The number of rotatable bonds is 0. The summed E-state index contributed by atoms with van der Waals surface area (Å²) in [5.74, 6) is 0. The SMILES string of the molecule is CC1(C)CC2=C(C(O)C1)C(C)(C)CCC2. The van der Waals surface area contributed by atoms with Gasteiger partial charge in [0.2, 0.25) is 0 Å². The van der Waals surface area contributed by atoms with Gasteiger partial charge in [0.1, 0.15) is 0 Å². The maximum atomic E-state index is 10.3. The van der Waals surface area contributed by atoms with Crippen molar-refractivity contribution in [3.05, 3.63) is 11.1 Å². The van der Waals surface area contributed by atoms with Crippen molar-refractivity contribution in [2.75, 3.05) is 0 Å². The average Bonchev–Trinajstić information content (AvgIpc) is 1.97. The van der Waals surface area contributed by atoms with Gasteiger partial charge in [0.15, 0.2) is 0 Å². The van der Waals surface area contributed by atoms with Gasteiger partial charge in [0, 0.05) is 0 Å². The number of hydrogen-bond donors (Lipinski definition) is 1. The Morgan fingerprint density at radius 2 is 1.87 bits per heavy atom. The molecule has 15 heavy (non-hydrogen) atoms. The van der Waals surface area contributed by atoms with E-state index in [4.69, 9.17) is 0 Å². The van der Waals surface area contributed by atoms with Crippen LogP contribution in [0, 0.1) is 10.8 Å². The van der Waals surface area contributed by atoms with E-state index in [-0.39, 0.29) is 11.5 Å². The smallest absolute Gasteiger partial charge is 0.0763 e. The maximum absolute atomic E-state index is 10.3. The minimum atomic E-state index is -0.181. The van der Waals surface area contributed by atoms with E-state index in [1.807, 2.05) is 0 Å². The zero-order chi connectivity index (χ0) is 11.3. The molecule has 2 aliphatic rings. The highest BCUT2D eigenvalue weighted by atomic mass is 16.3. The zero-order valence-corrected chi connectivity index (χ0v) is 10.6. The van der Waals surface area contributed by atoms with E-state index in [0.717, 1.165) is 6.42 Å². The van der Waals surface area contributed by atoms with Crippen LogP contribution in [0.2, 0.25) is 0 Å². The predicted molar refractivity (Wildman–Crippen MR) is 63.7 cm³/mol. The van der Waals surface area contributed by atoms with Crippen LogP contribution in [0.3, 0.4) is 0 Å². The van der Waals surface area contributed by atoms with Crippen molar-refractivity contribution in [2.24, 2.45) is 10.8 Å². The molecule has 0 aromatic heterocycles. The van der Waals surface area contributed by atoms with Crippen LogP contribution < -0.4 is 0 Å². The molecule has 0 bridgehead atoms. The van der Waals surface area contributed by atoms with Crippen LogP contribution in [0.5, 0.6) is 0 Å². The average molecular weight is 208 g/mol. The summed E-state index contributed by atoms with van der Waals surface area (Å²) in [6.07, 6.45) is 5.72. The van der Waals surface area contributed by atoms with Gasteiger partial charge in [-0.15, -0.1) is 0 Å². The highest BCUT2D eigenvalue weighted by Gasteiger charge is 2.40. The van der Waals surface area contributed by atoms with Gasteiger partial charge in [-0.05, 0) is 48.5 Å². The summed E-state index contributed by atoms with van der Waals surface area (Å²) in [6, 6.07) is 0. The number of allylic oxidation sites excluding steroid dienone is 1. The highest BCUT2D eigenvalue weighted by Crippen LogP contribution is 2.50. The van der Waals surface area contributed by atoms with Gasteiger partial charge in [0.05, 0.1) is 6.10 Å². The molecule has 0 spiro atoms. The van der Waals surface area contributed by atoms with Crippen molar-refractivity contribution in [2.45, 2.75) is 65.9 Å². The Labute approximate surface area is 93.6 Å². The Balaban J connectivity index is 2.39. The van der Waals surface area contributed by atoms with Crippen LogP contribution in [0.4, 0.5) is 0 Å². The molecule has 0 aromatic carbocycles. The van der Waals surface area contributed by atoms with Crippen LogP contribution in [0.1, 0.15) is 59.8 Å². The second-order valence-electron chi connectivity index (χ2n) is 6.82. The molecular formula is C14H24O.